The summed E-state index contributed by atoms with van der Waals surface area (Å²) in [6.45, 7) is 1.87. The summed E-state index contributed by atoms with van der Waals surface area (Å²) in [6, 6.07) is 16.8. The van der Waals surface area contributed by atoms with E-state index in [1.54, 1.807) is 19.2 Å². The lowest BCUT2D eigenvalue weighted by atomic mass is 10.1. The zero-order valence-corrected chi connectivity index (χ0v) is 16.5. The Kier molecular flexibility index (Phi) is 6.32. The fraction of sp³-hybridized carbons (Fsp3) is 0.150. The highest BCUT2D eigenvalue weighted by atomic mass is 35.5. The van der Waals surface area contributed by atoms with E-state index in [1.165, 1.54) is 11.8 Å². The maximum atomic E-state index is 12.2. The average Bonchev–Trinajstić information content (AvgIpc) is 2.70. The van der Waals surface area contributed by atoms with Gasteiger partial charge >= 0.3 is 0 Å². The summed E-state index contributed by atoms with van der Waals surface area (Å²) in [5, 5.41) is 12.6. The number of rotatable bonds is 6. The molecule has 0 aliphatic rings. The minimum Gasteiger partial charge on any atom is -0.497 e. The van der Waals surface area contributed by atoms with Gasteiger partial charge in [-0.1, -0.05) is 41.6 Å². The quantitative estimate of drug-likeness (QED) is 0.600. The lowest BCUT2D eigenvalue weighted by molar-refractivity contribution is -0.113. The summed E-state index contributed by atoms with van der Waals surface area (Å²) < 4.78 is 5.22. The van der Waals surface area contributed by atoms with Gasteiger partial charge < -0.3 is 10.1 Å². The van der Waals surface area contributed by atoms with Crippen molar-refractivity contribution in [3.8, 4) is 17.0 Å². The Bertz CT molecular complexity index is 948. The molecule has 0 radical (unpaired) electrons. The molecule has 7 heteroatoms. The van der Waals surface area contributed by atoms with Crippen LogP contribution in [0.25, 0.3) is 11.3 Å². The number of amides is 1. The van der Waals surface area contributed by atoms with Crippen LogP contribution in [0.15, 0.2) is 59.6 Å². The van der Waals surface area contributed by atoms with Crippen LogP contribution in [0.5, 0.6) is 5.75 Å². The molecule has 0 fully saturated rings. The molecule has 1 aromatic heterocycles. The Labute approximate surface area is 167 Å². The number of nitrogens with zero attached hydrogens (tertiary/aromatic N) is 2. The Balaban J connectivity index is 1.60. The minimum absolute atomic E-state index is 0.121. The van der Waals surface area contributed by atoms with Crippen LogP contribution in [0.1, 0.15) is 5.56 Å². The predicted molar refractivity (Wildman–Crippen MR) is 110 cm³/mol. The Morgan fingerprint density at radius 3 is 2.70 bits per heavy atom. The van der Waals surface area contributed by atoms with Crippen LogP contribution in [-0.2, 0) is 4.79 Å². The Morgan fingerprint density at radius 2 is 1.96 bits per heavy atom. The van der Waals surface area contributed by atoms with Crippen LogP contribution < -0.4 is 10.1 Å². The van der Waals surface area contributed by atoms with Crippen LogP contribution in [0.3, 0.4) is 0 Å². The molecule has 0 spiro atoms. The molecule has 0 unspecified atom stereocenters. The van der Waals surface area contributed by atoms with Crippen LogP contribution in [0.2, 0.25) is 5.02 Å². The van der Waals surface area contributed by atoms with Crippen molar-refractivity contribution in [2.24, 2.45) is 0 Å². The molecule has 1 amide bonds. The summed E-state index contributed by atoms with van der Waals surface area (Å²) in [7, 11) is 1.63. The van der Waals surface area contributed by atoms with Crippen molar-refractivity contribution in [3.05, 3.63) is 65.2 Å². The summed E-state index contributed by atoms with van der Waals surface area (Å²) in [4.78, 5) is 12.2. The normalized spacial score (nSPS) is 10.5. The molecule has 1 N–H and O–H groups in total. The first-order valence-electron chi connectivity index (χ1n) is 8.23. The van der Waals surface area contributed by atoms with E-state index >= 15 is 0 Å². The Hall–Kier alpha value is -2.57. The summed E-state index contributed by atoms with van der Waals surface area (Å²) in [5.74, 6) is 0.879. The third-order valence-corrected chi connectivity index (χ3v) is 5.23. The highest BCUT2D eigenvalue weighted by Gasteiger charge is 2.09. The second kappa shape index (κ2) is 8.88. The molecule has 2 aromatic carbocycles. The third-order valence-electron chi connectivity index (χ3n) is 3.90. The maximum absolute atomic E-state index is 12.2. The largest absolute Gasteiger partial charge is 0.497 e. The molecule has 0 aliphatic carbocycles. The second-order valence-corrected chi connectivity index (χ2v) is 7.14. The van der Waals surface area contributed by atoms with Crippen LogP contribution in [0, 0.1) is 6.92 Å². The zero-order chi connectivity index (χ0) is 19.2. The van der Waals surface area contributed by atoms with Gasteiger partial charge in [0.1, 0.15) is 10.8 Å². The topological polar surface area (TPSA) is 64.1 Å². The van der Waals surface area contributed by atoms with Crippen LogP contribution in [0.4, 0.5) is 5.69 Å². The van der Waals surface area contributed by atoms with Crippen LogP contribution in [-0.4, -0.2) is 29.0 Å². The zero-order valence-electron chi connectivity index (χ0n) is 14.9. The first kappa shape index (κ1) is 19.2. The van der Waals surface area contributed by atoms with Gasteiger partial charge in [-0.15, -0.1) is 10.2 Å². The molecule has 0 saturated heterocycles. The van der Waals surface area contributed by atoms with E-state index in [4.69, 9.17) is 16.3 Å². The fourth-order valence-electron chi connectivity index (χ4n) is 2.40. The van der Waals surface area contributed by atoms with Crippen LogP contribution >= 0.6 is 23.4 Å². The molecule has 0 bridgehead atoms. The van der Waals surface area contributed by atoms with E-state index in [0.29, 0.717) is 15.7 Å². The van der Waals surface area contributed by atoms with Crippen molar-refractivity contribution < 1.29 is 9.53 Å². The second-order valence-electron chi connectivity index (χ2n) is 5.74. The third kappa shape index (κ3) is 4.99. The number of aromatic nitrogens is 2. The molecule has 0 aliphatic heterocycles. The molecular formula is C20H18ClN3O2S. The van der Waals surface area contributed by atoms with Crippen molar-refractivity contribution in [1.82, 2.24) is 10.2 Å². The molecule has 0 atom stereocenters. The number of carbonyl (C=O) groups excluding carboxylic acids is 1. The number of carbonyl (C=O) groups is 1. The minimum atomic E-state index is -0.121. The van der Waals surface area contributed by atoms with Gasteiger partial charge in [0.05, 0.1) is 18.6 Å². The monoisotopic (exact) mass is 399 g/mol. The number of hydrogen-bond donors (Lipinski definition) is 1. The molecule has 3 rings (SSSR count). The van der Waals surface area contributed by atoms with E-state index in [0.717, 1.165) is 22.6 Å². The number of thioether (sulfide) groups is 1. The summed E-state index contributed by atoms with van der Waals surface area (Å²) in [5.41, 5.74) is 3.23. The van der Waals surface area contributed by atoms with E-state index in [1.807, 2.05) is 49.4 Å². The van der Waals surface area contributed by atoms with Gasteiger partial charge in [0.15, 0.2) is 0 Å². The fourth-order valence-corrected chi connectivity index (χ4v) is 3.19. The molecule has 5 nitrogen and oxygen atoms in total. The smallest absolute Gasteiger partial charge is 0.234 e. The van der Waals surface area contributed by atoms with Gasteiger partial charge in [0.2, 0.25) is 5.91 Å². The SMILES string of the molecule is COc1cccc(-c2ccc(SCC(=O)Nc3cccc(Cl)c3C)nn2)c1. The molecular weight excluding hydrogens is 382 g/mol. The molecule has 1 heterocycles. The molecule has 3 aromatic rings. The number of hydrogen-bond acceptors (Lipinski definition) is 5. The highest BCUT2D eigenvalue weighted by Crippen LogP contribution is 2.25. The number of ether oxygens (including phenoxy) is 1. The van der Waals surface area contributed by atoms with Crippen molar-refractivity contribution in [1.29, 1.82) is 0 Å². The number of halogens is 1. The standard InChI is InChI=1S/C20H18ClN3O2S/c1-13-16(21)7-4-8-17(13)22-19(25)12-27-20-10-9-18(23-24-20)14-5-3-6-15(11-14)26-2/h3-11H,12H2,1-2H3,(H,22,25). The van der Waals surface area contributed by atoms with Crippen molar-refractivity contribution in [2.75, 3.05) is 18.2 Å². The molecule has 27 heavy (non-hydrogen) atoms. The first-order valence-corrected chi connectivity index (χ1v) is 9.59. The summed E-state index contributed by atoms with van der Waals surface area (Å²) in [6.07, 6.45) is 0. The van der Waals surface area contributed by atoms with Gasteiger partial charge in [0.25, 0.3) is 0 Å². The van der Waals surface area contributed by atoms with Crippen molar-refractivity contribution in [2.45, 2.75) is 11.9 Å². The van der Waals surface area contributed by atoms with Gasteiger partial charge in [0, 0.05) is 16.3 Å². The van der Waals surface area contributed by atoms with Gasteiger partial charge in [-0.05, 0) is 48.9 Å². The van der Waals surface area contributed by atoms with Crippen molar-refractivity contribution in [3.63, 3.8) is 0 Å². The highest BCUT2D eigenvalue weighted by molar-refractivity contribution is 7.99. The average molecular weight is 400 g/mol. The van der Waals surface area contributed by atoms with E-state index in [-0.39, 0.29) is 11.7 Å². The lowest BCUT2D eigenvalue weighted by Crippen LogP contribution is -2.15. The van der Waals surface area contributed by atoms with Gasteiger partial charge in [-0.2, -0.15) is 0 Å². The first-order chi connectivity index (χ1) is 13.1. The number of anilines is 1. The van der Waals surface area contributed by atoms with Gasteiger partial charge in [-0.25, -0.2) is 0 Å². The predicted octanol–water partition coefficient (Wildman–Crippen LogP) is 4.84. The van der Waals surface area contributed by atoms with Crippen molar-refractivity contribution >= 4 is 35.0 Å². The van der Waals surface area contributed by atoms with E-state index in [9.17, 15) is 4.79 Å². The number of benzene rings is 2. The Morgan fingerprint density at radius 1 is 1.15 bits per heavy atom. The number of methoxy groups -OCH3 is 1. The van der Waals surface area contributed by atoms with Gasteiger partial charge in [-0.3, -0.25) is 4.79 Å². The molecule has 138 valence electrons. The number of nitrogens with one attached hydrogen (secondary N) is 1. The van der Waals surface area contributed by atoms with E-state index in [2.05, 4.69) is 15.5 Å². The maximum Gasteiger partial charge on any atom is 0.234 e. The van der Waals surface area contributed by atoms with E-state index < -0.39 is 0 Å². The lowest BCUT2D eigenvalue weighted by Gasteiger charge is -2.09. The summed E-state index contributed by atoms with van der Waals surface area (Å²) >= 11 is 7.40. The molecule has 0 saturated carbocycles.